The van der Waals surface area contributed by atoms with Crippen LogP contribution >= 0.6 is 0 Å². The van der Waals surface area contributed by atoms with Gasteiger partial charge in [0.2, 0.25) is 0 Å². The summed E-state index contributed by atoms with van der Waals surface area (Å²) in [4.78, 5) is 15.4. The standard InChI is InChI=1S/C26H31FN2O2/c1-4-18(2)17-29-14-12-26(13-15-29)22-11-6-5-10-21(22)23(24(26)31-3)28-25(30)19-8-7-9-20(27)16-19/h4-11,16,23-24H,12-15,17H2,1-3H3,(H,28,30)/t23-,24+/m1/s1. The number of methoxy groups -OCH3 is 1. The Hall–Kier alpha value is -2.50. The van der Waals surface area contributed by atoms with Crippen molar-refractivity contribution in [2.45, 2.75) is 44.2 Å². The van der Waals surface area contributed by atoms with Gasteiger partial charge in [-0.2, -0.15) is 0 Å². The molecule has 1 aliphatic heterocycles. The average Bonchev–Trinajstić information content (AvgIpc) is 3.04. The van der Waals surface area contributed by atoms with Gasteiger partial charge in [-0.15, -0.1) is 0 Å². The van der Waals surface area contributed by atoms with E-state index in [1.54, 1.807) is 19.2 Å². The molecule has 2 aliphatic rings. The van der Waals surface area contributed by atoms with Crippen LogP contribution in [-0.4, -0.2) is 43.7 Å². The molecule has 0 bridgehead atoms. The number of carbonyl (C=O) groups excluding carboxylic acids is 1. The number of ether oxygens (including phenoxy) is 1. The maximum atomic E-state index is 13.6. The summed E-state index contributed by atoms with van der Waals surface area (Å²) in [5, 5.41) is 3.15. The minimum atomic E-state index is -0.414. The molecule has 1 fully saturated rings. The summed E-state index contributed by atoms with van der Waals surface area (Å²) in [5.74, 6) is -0.692. The highest BCUT2D eigenvalue weighted by molar-refractivity contribution is 5.94. The Balaban J connectivity index is 1.61. The smallest absolute Gasteiger partial charge is 0.251 e. The third-order valence-corrected chi connectivity index (χ3v) is 7.02. The summed E-state index contributed by atoms with van der Waals surface area (Å²) in [5.41, 5.74) is 3.95. The predicted octanol–water partition coefficient (Wildman–Crippen LogP) is 4.63. The molecule has 1 aliphatic carbocycles. The first kappa shape index (κ1) is 21.7. The zero-order chi connectivity index (χ0) is 22.0. The summed E-state index contributed by atoms with van der Waals surface area (Å²) in [6.45, 7) is 7.23. The average molecular weight is 423 g/mol. The van der Waals surface area contributed by atoms with Crippen molar-refractivity contribution >= 4 is 5.91 Å². The number of amides is 1. The number of allylic oxidation sites excluding steroid dienone is 1. The lowest BCUT2D eigenvalue weighted by Gasteiger charge is -2.44. The molecule has 164 valence electrons. The molecule has 0 aromatic heterocycles. The molecule has 2 aromatic carbocycles. The Bertz CT molecular complexity index is 979. The monoisotopic (exact) mass is 422 g/mol. The molecule has 1 saturated heterocycles. The number of likely N-dealkylation sites (tertiary alicyclic amines) is 1. The molecule has 0 unspecified atom stereocenters. The molecule has 1 spiro atoms. The summed E-state index contributed by atoms with van der Waals surface area (Å²) in [6, 6.07) is 13.9. The van der Waals surface area contributed by atoms with Crippen LogP contribution in [-0.2, 0) is 10.2 Å². The molecular formula is C26H31FN2O2. The normalized spacial score (nSPS) is 23.0. The van der Waals surface area contributed by atoms with Gasteiger partial charge in [-0.05, 0) is 69.1 Å². The fraction of sp³-hybridized carbons (Fsp3) is 0.423. The molecule has 1 N–H and O–H groups in total. The Morgan fingerprint density at radius 1 is 1.23 bits per heavy atom. The number of fused-ring (bicyclic) bond motifs is 2. The van der Waals surface area contributed by atoms with E-state index in [1.165, 1.54) is 23.3 Å². The van der Waals surface area contributed by atoms with Gasteiger partial charge in [-0.1, -0.05) is 42.0 Å². The van der Waals surface area contributed by atoms with Crippen LogP contribution in [0.2, 0.25) is 0 Å². The van der Waals surface area contributed by atoms with Gasteiger partial charge < -0.3 is 10.1 Å². The number of nitrogens with one attached hydrogen (secondary N) is 1. The molecule has 31 heavy (non-hydrogen) atoms. The molecule has 0 saturated carbocycles. The zero-order valence-electron chi connectivity index (χ0n) is 18.5. The molecule has 4 nitrogen and oxygen atoms in total. The summed E-state index contributed by atoms with van der Waals surface area (Å²) in [6.07, 6.45) is 3.97. The Kier molecular flexibility index (Phi) is 6.26. The predicted molar refractivity (Wildman–Crippen MR) is 121 cm³/mol. The van der Waals surface area contributed by atoms with Crippen LogP contribution < -0.4 is 5.32 Å². The first-order valence-corrected chi connectivity index (χ1v) is 11.0. The van der Waals surface area contributed by atoms with E-state index in [9.17, 15) is 9.18 Å². The van der Waals surface area contributed by atoms with Crippen LogP contribution in [0.5, 0.6) is 0 Å². The van der Waals surface area contributed by atoms with Gasteiger partial charge in [0.15, 0.2) is 0 Å². The maximum Gasteiger partial charge on any atom is 0.251 e. The van der Waals surface area contributed by atoms with Crippen molar-refractivity contribution < 1.29 is 13.9 Å². The molecule has 5 heteroatoms. The molecular weight excluding hydrogens is 391 g/mol. The summed E-state index contributed by atoms with van der Waals surface area (Å²) in [7, 11) is 1.73. The lowest BCUT2D eigenvalue weighted by Crippen LogP contribution is -2.50. The second-order valence-corrected chi connectivity index (χ2v) is 8.77. The number of carbonyl (C=O) groups is 1. The number of hydrogen-bond donors (Lipinski definition) is 1. The highest BCUT2D eigenvalue weighted by Gasteiger charge is 2.53. The van der Waals surface area contributed by atoms with Gasteiger partial charge >= 0.3 is 0 Å². The van der Waals surface area contributed by atoms with Crippen molar-refractivity contribution in [1.82, 2.24) is 10.2 Å². The van der Waals surface area contributed by atoms with Gasteiger partial charge in [0.05, 0.1) is 12.1 Å². The molecule has 2 aromatic rings. The van der Waals surface area contributed by atoms with E-state index in [4.69, 9.17) is 4.74 Å². The molecule has 1 amide bonds. The Morgan fingerprint density at radius 2 is 1.97 bits per heavy atom. The van der Waals surface area contributed by atoms with Crippen LogP contribution in [0.3, 0.4) is 0 Å². The lowest BCUT2D eigenvalue weighted by molar-refractivity contribution is -0.0100. The second-order valence-electron chi connectivity index (χ2n) is 8.77. The number of nitrogens with zero attached hydrogens (tertiary/aromatic N) is 1. The van der Waals surface area contributed by atoms with E-state index in [2.05, 4.69) is 48.3 Å². The fourth-order valence-corrected chi connectivity index (χ4v) is 5.33. The van der Waals surface area contributed by atoms with Gasteiger partial charge in [0, 0.05) is 24.6 Å². The number of piperidine rings is 1. The van der Waals surface area contributed by atoms with E-state index in [1.807, 2.05) is 6.07 Å². The van der Waals surface area contributed by atoms with Gasteiger partial charge in [-0.3, -0.25) is 9.69 Å². The van der Waals surface area contributed by atoms with Crippen molar-refractivity contribution in [3.05, 3.63) is 82.7 Å². The first-order valence-electron chi connectivity index (χ1n) is 11.0. The van der Waals surface area contributed by atoms with Crippen molar-refractivity contribution in [3.63, 3.8) is 0 Å². The third kappa shape index (κ3) is 4.04. The maximum absolute atomic E-state index is 13.6. The van der Waals surface area contributed by atoms with Crippen LogP contribution in [0.1, 0.15) is 54.2 Å². The van der Waals surface area contributed by atoms with Gasteiger partial charge in [-0.25, -0.2) is 4.39 Å². The number of rotatable bonds is 5. The van der Waals surface area contributed by atoms with Crippen LogP contribution in [0, 0.1) is 5.82 Å². The summed E-state index contributed by atoms with van der Waals surface area (Å²) < 4.78 is 19.7. The molecule has 1 heterocycles. The van der Waals surface area contributed by atoms with Crippen molar-refractivity contribution in [3.8, 4) is 0 Å². The number of halogens is 1. The van der Waals surface area contributed by atoms with E-state index in [0.29, 0.717) is 5.56 Å². The van der Waals surface area contributed by atoms with Crippen LogP contribution in [0.4, 0.5) is 4.39 Å². The topological polar surface area (TPSA) is 41.6 Å². The Morgan fingerprint density at radius 3 is 2.65 bits per heavy atom. The van der Waals surface area contributed by atoms with Crippen molar-refractivity contribution in [1.29, 1.82) is 0 Å². The van der Waals surface area contributed by atoms with Gasteiger partial charge in [0.25, 0.3) is 5.91 Å². The van der Waals surface area contributed by atoms with E-state index < -0.39 is 5.82 Å². The third-order valence-electron chi connectivity index (χ3n) is 7.02. The quantitative estimate of drug-likeness (QED) is 0.715. The van der Waals surface area contributed by atoms with Crippen molar-refractivity contribution in [2.75, 3.05) is 26.7 Å². The SMILES string of the molecule is CC=C(C)CN1CCC2(CC1)c1ccccc1[C@@H](NC(=O)c1cccc(F)c1)[C@@H]2OC. The van der Waals surface area contributed by atoms with Crippen molar-refractivity contribution in [2.24, 2.45) is 0 Å². The number of hydrogen-bond acceptors (Lipinski definition) is 3. The fourth-order valence-electron chi connectivity index (χ4n) is 5.33. The van der Waals surface area contributed by atoms with E-state index in [0.717, 1.165) is 38.0 Å². The Labute approximate surface area is 184 Å². The summed E-state index contributed by atoms with van der Waals surface area (Å²) >= 11 is 0. The molecule has 0 radical (unpaired) electrons. The zero-order valence-corrected chi connectivity index (χ0v) is 18.5. The van der Waals surface area contributed by atoms with Crippen LogP contribution in [0.25, 0.3) is 0 Å². The number of benzene rings is 2. The first-order chi connectivity index (χ1) is 15.0. The van der Waals surface area contributed by atoms with Gasteiger partial charge in [0.1, 0.15) is 5.82 Å². The van der Waals surface area contributed by atoms with Crippen LogP contribution in [0.15, 0.2) is 60.2 Å². The molecule has 2 atom stereocenters. The highest BCUT2D eigenvalue weighted by Crippen LogP contribution is 2.52. The second kappa shape index (κ2) is 8.93. The minimum Gasteiger partial charge on any atom is -0.378 e. The van der Waals surface area contributed by atoms with E-state index >= 15 is 0 Å². The largest absolute Gasteiger partial charge is 0.378 e. The minimum absolute atomic E-state index is 0.133. The lowest BCUT2D eigenvalue weighted by atomic mass is 9.72. The highest BCUT2D eigenvalue weighted by atomic mass is 19.1. The molecule has 4 rings (SSSR count). The van der Waals surface area contributed by atoms with E-state index in [-0.39, 0.29) is 23.5 Å².